The van der Waals surface area contributed by atoms with Crippen LogP contribution in [0.2, 0.25) is 0 Å². The summed E-state index contributed by atoms with van der Waals surface area (Å²) in [5.74, 6) is -0.116. The number of hydrogen-bond donors (Lipinski definition) is 3. The van der Waals surface area contributed by atoms with E-state index in [0.29, 0.717) is 13.0 Å². The van der Waals surface area contributed by atoms with Crippen LogP contribution in [0.1, 0.15) is 25.0 Å². The molecular formula is C21H26ClN3O. The maximum Gasteiger partial charge on any atom is 0.237 e. The Labute approximate surface area is 160 Å². The van der Waals surface area contributed by atoms with Crippen LogP contribution in [0.15, 0.2) is 60.8 Å². The summed E-state index contributed by atoms with van der Waals surface area (Å²) in [5.41, 5.74) is 9.33. The Morgan fingerprint density at radius 2 is 1.77 bits per heavy atom. The Hall–Kier alpha value is -2.30. The highest BCUT2D eigenvalue weighted by atomic mass is 35.5. The summed E-state index contributed by atoms with van der Waals surface area (Å²) in [7, 11) is 0. The molecule has 1 amide bonds. The van der Waals surface area contributed by atoms with Gasteiger partial charge in [-0.3, -0.25) is 4.79 Å². The van der Waals surface area contributed by atoms with Crippen molar-refractivity contribution >= 4 is 29.2 Å². The third-order valence-corrected chi connectivity index (χ3v) is 4.71. The highest BCUT2D eigenvalue weighted by Crippen LogP contribution is 2.22. The number of nitrogens with one attached hydrogen (secondary N) is 2. The van der Waals surface area contributed by atoms with Crippen LogP contribution < -0.4 is 11.1 Å². The standard InChI is InChI=1S/C21H25N3O.ClH/c1-21(2,16-8-4-3-5-9-16)14-24-20(25)18(22)12-15-13-23-19-11-7-6-10-17(15)19;/h3-11,13,18,23H,12,14,22H2,1-2H3,(H,24,25);1H/t18-;/m0./s1. The number of fused-ring (bicyclic) bond motifs is 1. The van der Waals surface area contributed by atoms with Crippen LogP contribution in [0.4, 0.5) is 0 Å². The maximum absolute atomic E-state index is 12.4. The minimum atomic E-state index is -0.564. The van der Waals surface area contributed by atoms with Gasteiger partial charge in [-0.2, -0.15) is 0 Å². The third kappa shape index (κ3) is 4.45. The topological polar surface area (TPSA) is 70.9 Å². The number of aromatic nitrogens is 1. The highest BCUT2D eigenvalue weighted by Gasteiger charge is 2.23. The molecule has 0 fully saturated rings. The van der Waals surface area contributed by atoms with E-state index >= 15 is 0 Å². The number of amides is 1. The third-order valence-electron chi connectivity index (χ3n) is 4.71. The summed E-state index contributed by atoms with van der Waals surface area (Å²) >= 11 is 0. The van der Waals surface area contributed by atoms with Crippen molar-refractivity contribution in [2.24, 2.45) is 5.73 Å². The van der Waals surface area contributed by atoms with Crippen LogP contribution in [0, 0.1) is 0 Å². The van der Waals surface area contributed by atoms with Crippen molar-refractivity contribution in [3.63, 3.8) is 0 Å². The zero-order valence-electron chi connectivity index (χ0n) is 15.2. The van der Waals surface area contributed by atoms with E-state index in [0.717, 1.165) is 16.5 Å². The Balaban J connectivity index is 0.00000243. The van der Waals surface area contributed by atoms with E-state index in [9.17, 15) is 4.79 Å². The van der Waals surface area contributed by atoms with Gasteiger partial charge in [-0.25, -0.2) is 0 Å². The van der Waals surface area contributed by atoms with Crippen LogP contribution in [-0.4, -0.2) is 23.5 Å². The van der Waals surface area contributed by atoms with Gasteiger partial charge in [-0.05, 0) is 23.6 Å². The van der Waals surface area contributed by atoms with Crippen LogP contribution in [0.5, 0.6) is 0 Å². The van der Waals surface area contributed by atoms with Crippen molar-refractivity contribution in [3.8, 4) is 0 Å². The molecule has 4 nitrogen and oxygen atoms in total. The molecule has 0 saturated carbocycles. The van der Waals surface area contributed by atoms with E-state index in [1.54, 1.807) is 0 Å². The Kier molecular flexibility index (Phi) is 6.46. The number of nitrogens with two attached hydrogens (primary N) is 1. The minimum absolute atomic E-state index is 0. The molecule has 0 unspecified atom stereocenters. The molecule has 1 aromatic heterocycles. The lowest BCUT2D eigenvalue weighted by atomic mass is 9.84. The van der Waals surface area contributed by atoms with E-state index in [-0.39, 0.29) is 23.7 Å². The van der Waals surface area contributed by atoms with Crippen molar-refractivity contribution in [3.05, 3.63) is 71.9 Å². The Morgan fingerprint density at radius 3 is 2.50 bits per heavy atom. The van der Waals surface area contributed by atoms with Gasteiger partial charge in [-0.1, -0.05) is 62.4 Å². The van der Waals surface area contributed by atoms with Gasteiger partial charge in [0, 0.05) is 29.1 Å². The molecule has 3 rings (SSSR count). The van der Waals surface area contributed by atoms with Gasteiger partial charge in [0.15, 0.2) is 0 Å². The molecule has 138 valence electrons. The highest BCUT2D eigenvalue weighted by molar-refractivity contribution is 5.86. The monoisotopic (exact) mass is 371 g/mol. The first-order valence-electron chi connectivity index (χ1n) is 8.61. The van der Waals surface area contributed by atoms with Crippen molar-refractivity contribution < 1.29 is 4.79 Å². The minimum Gasteiger partial charge on any atom is -0.361 e. The predicted molar refractivity (Wildman–Crippen MR) is 110 cm³/mol. The number of hydrogen-bond acceptors (Lipinski definition) is 2. The fourth-order valence-corrected chi connectivity index (χ4v) is 3.06. The van der Waals surface area contributed by atoms with E-state index < -0.39 is 6.04 Å². The molecule has 2 aromatic carbocycles. The summed E-state index contributed by atoms with van der Waals surface area (Å²) in [5, 5.41) is 4.13. The number of benzene rings is 2. The first-order chi connectivity index (χ1) is 12.0. The molecule has 0 bridgehead atoms. The number of aromatic amines is 1. The van der Waals surface area contributed by atoms with Crippen LogP contribution in [-0.2, 0) is 16.6 Å². The van der Waals surface area contributed by atoms with E-state index in [2.05, 4.69) is 36.3 Å². The second-order valence-electron chi connectivity index (χ2n) is 7.14. The lowest BCUT2D eigenvalue weighted by Crippen LogP contribution is -2.46. The van der Waals surface area contributed by atoms with E-state index in [1.807, 2.05) is 48.7 Å². The Bertz CT molecular complexity index is 858. The molecule has 4 N–H and O–H groups in total. The quantitative estimate of drug-likeness (QED) is 0.620. The number of rotatable bonds is 6. The molecular weight excluding hydrogens is 346 g/mol. The van der Waals surface area contributed by atoms with Crippen LogP contribution in [0.25, 0.3) is 10.9 Å². The molecule has 0 aliphatic rings. The summed E-state index contributed by atoms with van der Waals surface area (Å²) in [6, 6.07) is 17.7. The largest absolute Gasteiger partial charge is 0.361 e. The van der Waals surface area contributed by atoms with Crippen molar-refractivity contribution in [2.45, 2.75) is 31.7 Å². The summed E-state index contributed by atoms with van der Waals surface area (Å²) < 4.78 is 0. The number of para-hydroxylation sites is 1. The van der Waals surface area contributed by atoms with Gasteiger partial charge in [0.05, 0.1) is 6.04 Å². The second kappa shape index (κ2) is 8.39. The second-order valence-corrected chi connectivity index (χ2v) is 7.14. The lowest BCUT2D eigenvalue weighted by molar-refractivity contribution is -0.122. The van der Waals surface area contributed by atoms with Gasteiger partial charge in [0.1, 0.15) is 0 Å². The van der Waals surface area contributed by atoms with Crippen molar-refractivity contribution in [1.29, 1.82) is 0 Å². The summed E-state index contributed by atoms with van der Waals surface area (Å²) in [6.07, 6.45) is 2.45. The molecule has 3 aromatic rings. The number of carbonyl (C=O) groups is 1. The maximum atomic E-state index is 12.4. The average molecular weight is 372 g/mol. The van der Waals surface area contributed by atoms with Gasteiger partial charge < -0.3 is 16.0 Å². The first-order valence-corrected chi connectivity index (χ1v) is 8.61. The van der Waals surface area contributed by atoms with E-state index in [1.165, 1.54) is 5.56 Å². The first kappa shape index (κ1) is 20.0. The zero-order valence-corrected chi connectivity index (χ0v) is 16.0. The molecule has 0 saturated heterocycles. The lowest BCUT2D eigenvalue weighted by Gasteiger charge is -2.26. The van der Waals surface area contributed by atoms with Gasteiger partial charge >= 0.3 is 0 Å². The molecule has 0 aliphatic carbocycles. The number of carbonyl (C=O) groups excluding carboxylic acids is 1. The fraction of sp³-hybridized carbons (Fsp3) is 0.286. The van der Waals surface area contributed by atoms with Gasteiger partial charge in [0.2, 0.25) is 5.91 Å². The molecule has 0 spiro atoms. The van der Waals surface area contributed by atoms with Crippen molar-refractivity contribution in [2.75, 3.05) is 6.54 Å². The molecule has 5 heteroatoms. The molecule has 1 atom stereocenters. The molecule has 0 radical (unpaired) electrons. The van der Waals surface area contributed by atoms with E-state index in [4.69, 9.17) is 5.73 Å². The smallest absolute Gasteiger partial charge is 0.237 e. The zero-order chi connectivity index (χ0) is 17.9. The van der Waals surface area contributed by atoms with Crippen LogP contribution in [0.3, 0.4) is 0 Å². The summed E-state index contributed by atoms with van der Waals surface area (Å²) in [4.78, 5) is 15.7. The van der Waals surface area contributed by atoms with Crippen LogP contribution >= 0.6 is 12.4 Å². The Morgan fingerprint density at radius 1 is 1.12 bits per heavy atom. The normalized spacial score (nSPS) is 12.4. The average Bonchev–Trinajstić information content (AvgIpc) is 3.03. The molecule has 26 heavy (non-hydrogen) atoms. The molecule has 1 heterocycles. The number of H-pyrrole nitrogens is 1. The predicted octanol–water partition coefficient (Wildman–Crippen LogP) is 3.55. The molecule has 0 aliphatic heterocycles. The summed E-state index contributed by atoms with van der Waals surface area (Å²) in [6.45, 7) is 4.79. The number of halogens is 1. The van der Waals surface area contributed by atoms with Gasteiger partial charge in [0.25, 0.3) is 0 Å². The van der Waals surface area contributed by atoms with Gasteiger partial charge in [-0.15, -0.1) is 12.4 Å². The van der Waals surface area contributed by atoms with Crippen molar-refractivity contribution in [1.82, 2.24) is 10.3 Å². The fourth-order valence-electron chi connectivity index (χ4n) is 3.06. The SMILES string of the molecule is CC(C)(CNC(=O)[C@@H](N)Cc1c[nH]c2ccccc12)c1ccccc1.Cl.